The van der Waals surface area contributed by atoms with Gasteiger partial charge in [-0.05, 0) is 53.9 Å². The van der Waals surface area contributed by atoms with Crippen molar-refractivity contribution in [3.8, 4) is 11.3 Å². The van der Waals surface area contributed by atoms with Crippen LogP contribution in [0.2, 0.25) is 0 Å². The minimum absolute atomic E-state index is 0.113. The molecule has 0 radical (unpaired) electrons. The SMILES string of the molecule is COCC1CCCN1S(=O)(=O)c1ccc(Nc2nccc(-c3cccc4ccccc34)n2)cc1. The van der Waals surface area contributed by atoms with E-state index >= 15 is 0 Å². The Morgan fingerprint density at radius 1 is 1.03 bits per heavy atom. The number of aromatic nitrogens is 2. The summed E-state index contributed by atoms with van der Waals surface area (Å²) in [5.41, 5.74) is 2.55. The molecule has 34 heavy (non-hydrogen) atoms. The number of hydrogen-bond acceptors (Lipinski definition) is 6. The van der Waals surface area contributed by atoms with E-state index in [1.807, 2.05) is 30.3 Å². The smallest absolute Gasteiger partial charge is 0.243 e. The van der Waals surface area contributed by atoms with Gasteiger partial charge in [0.25, 0.3) is 0 Å². The Hall–Kier alpha value is -3.33. The fraction of sp³-hybridized carbons (Fsp3) is 0.231. The maximum atomic E-state index is 13.1. The summed E-state index contributed by atoms with van der Waals surface area (Å²) in [6.07, 6.45) is 3.38. The fourth-order valence-electron chi connectivity index (χ4n) is 4.48. The number of sulfonamides is 1. The number of fused-ring (bicyclic) bond motifs is 1. The fourth-order valence-corrected chi connectivity index (χ4v) is 6.16. The molecular weight excluding hydrogens is 448 g/mol. The molecule has 1 saturated heterocycles. The summed E-state index contributed by atoms with van der Waals surface area (Å²) >= 11 is 0. The molecule has 1 fully saturated rings. The van der Waals surface area contributed by atoms with E-state index in [2.05, 4.69) is 28.5 Å². The van der Waals surface area contributed by atoms with E-state index in [1.54, 1.807) is 41.9 Å². The molecule has 4 aromatic rings. The van der Waals surface area contributed by atoms with Gasteiger partial charge in [0.05, 0.1) is 17.2 Å². The van der Waals surface area contributed by atoms with Crippen LogP contribution in [0.25, 0.3) is 22.0 Å². The van der Waals surface area contributed by atoms with Crippen molar-refractivity contribution in [1.29, 1.82) is 0 Å². The highest BCUT2D eigenvalue weighted by Gasteiger charge is 2.35. The maximum absolute atomic E-state index is 13.1. The quantitative estimate of drug-likeness (QED) is 0.413. The second-order valence-electron chi connectivity index (χ2n) is 8.31. The molecule has 1 N–H and O–H groups in total. The Morgan fingerprint density at radius 3 is 2.65 bits per heavy atom. The van der Waals surface area contributed by atoms with Gasteiger partial charge in [0, 0.05) is 37.1 Å². The largest absolute Gasteiger partial charge is 0.383 e. The molecule has 0 aliphatic carbocycles. The molecule has 1 aromatic heterocycles. The highest BCUT2D eigenvalue weighted by atomic mass is 32.2. The first-order chi connectivity index (χ1) is 16.6. The third-order valence-electron chi connectivity index (χ3n) is 6.12. The second-order valence-corrected chi connectivity index (χ2v) is 10.2. The summed E-state index contributed by atoms with van der Waals surface area (Å²) < 4.78 is 33.0. The lowest BCUT2D eigenvalue weighted by molar-refractivity contribution is 0.149. The number of anilines is 2. The standard InChI is InChI=1S/C26H26N4O3S/c1-33-18-21-8-5-17-30(21)34(31,32)22-13-11-20(12-14-22)28-26-27-16-15-25(29-26)24-10-4-7-19-6-2-3-9-23(19)24/h2-4,6-7,9-16,21H,5,8,17-18H2,1H3,(H,27,28,29). The number of rotatable bonds is 7. The summed E-state index contributed by atoms with van der Waals surface area (Å²) in [5.74, 6) is 0.445. The third kappa shape index (κ3) is 4.40. The van der Waals surface area contributed by atoms with Crippen molar-refractivity contribution in [3.63, 3.8) is 0 Å². The minimum atomic E-state index is -3.57. The van der Waals surface area contributed by atoms with Crippen LogP contribution < -0.4 is 5.32 Å². The van der Waals surface area contributed by atoms with Gasteiger partial charge in [0.1, 0.15) is 0 Å². The molecule has 0 bridgehead atoms. The summed E-state index contributed by atoms with van der Waals surface area (Å²) in [5, 5.41) is 5.46. The summed E-state index contributed by atoms with van der Waals surface area (Å²) in [6, 6.07) is 22.8. The molecule has 5 rings (SSSR count). The third-order valence-corrected chi connectivity index (χ3v) is 8.09. The van der Waals surface area contributed by atoms with Crippen LogP contribution in [-0.4, -0.2) is 49.0 Å². The number of ether oxygens (including phenoxy) is 1. The minimum Gasteiger partial charge on any atom is -0.383 e. The summed E-state index contributed by atoms with van der Waals surface area (Å²) in [4.78, 5) is 9.30. The number of benzene rings is 3. The van der Waals surface area contributed by atoms with Crippen molar-refractivity contribution in [3.05, 3.63) is 79.0 Å². The topological polar surface area (TPSA) is 84.4 Å². The van der Waals surface area contributed by atoms with E-state index in [0.29, 0.717) is 24.8 Å². The van der Waals surface area contributed by atoms with Crippen LogP contribution in [0.3, 0.4) is 0 Å². The van der Waals surface area contributed by atoms with Gasteiger partial charge in [-0.2, -0.15) is 4.31 Å². The lowest BCUT2D eigenvalue weighted by Gasteiger charge is -2.23. The van der Waals surface area contributed by atoms with Gasteiger partial charge in [-0.3, -0.25) is 0 Å². The van der Waals surface area contributed by atoms with Gasteiger partial charge in [-0.25, -0.2) is 18.4 Å². The lowest BCUT2D eigenvalue weighted by atomic mass is 10.0. The zero-order valence-corrected chi connectivity index (χ0v) is 19.7. The van der Waals surface area contributed by atoms with Crippen LogP contribution >= 0.6 is 0 Å². The van der Waals surface area contributed by atoms with E-state index in [9.17, 15) is 8.42 Å². The average molecular weight is 475 g/mol. The number of nitrogens with zero attached hydrogens (tertiary/aromatic N) is 3. The summed E-state index contributed by atoms with van der Waals surface area (Å²) in [6.45, 7) is 0.925. The Morgan fingerprint density at radius 2 is 1.82 bits per heavy atom. The van der Waals surface area contributed by atoms with Gasteiger partial charge in [0.2, 0.25) is 16.0 Å². The summed E-state index contributed by atoms with van der Waals surface area (Å²) in [7, 11) is -1.97. The van der Waals surface area contributed by atoms with Crippen molar-refractivity contribution < 1.29 is 13.2 Å². The molecular formula is C26H26N4O3S. The molecule has 174 valence electrons. The van der Waals surface area contributed by atoms with Gasteiger partial charge in [-0.1, -0.05) is 42.5 Å². The highest BCUT2D eigenvalue weighted by Crippen LogP contribution is 2.29. The van der Waals surface area contributed by atoms with E-state index < -0.39 is 10.0 Å². The molecule has 1 aliphatic rings. The predicted molar refractivity (Wildman–Crippen MR) is 133 cm³/mol. The van der Waals surface area contributed by atoms with Crippen LogP contribution in [0.5, 0.6) is 0 Å². The number of nitrogens with one attached hydrogen (secondary N) is 1. The molecule has 3 aromatic carbocycles. The Kier molecular flexibility index (Phi) is 6.28. The molecule has 1 atom stereocenters. The molecule has 0 spiro atoms. The van der Waals surface area contributed by atoms with Crippen LogP contribution in [0, 0.1) is 0 Å². The zero-order valence-electron chi connectivity index (χ0n) is 18.9. The Balaban J connectivity index is 1.37. The molecule has 1 aliphatic heterocycles. The van der Waals surface area contributed by atoms with E-state index in [-0.39, 0.29) is 10.9 Å². The predicted octanol–water partition coefficient (Wildman–Crippen LogP) is 4.84. The monoisotopic (exact) mass is 474 g/mol. The molecule has 0 saturated carbocycles. The van der Waals surface area contributed by atoms with Crippen molar-refractivity contribution in [2.75, 3.05) is 25.6 Å². The van der Waals surface area contributed by atoms with E-state index in [1.165, 1.54) is 0 Å². The Bertz CT molecular complexity index is 1400. The number of methoxy groups -OCH3 is 1. The Labute approximate surface area is 199 Å². The molecule has 7 nitrogen and oxygen atoms in total. The van der Waals surface area contributed by atoms with Crippen LogP contribution in [0.1, 0.15) is 12.8 Å². The van der Waals surface area contributed by atoms with Gasteiger partial charge in [-0.15, -0.1) is 0 Å². The molecule has 0 amide bonds. The number of hydrogen-bond donors (Lipinski definition) is 1. The van der Waals surface area contributed by atoms with Crippen molar-refractivity contribution >= 4 is 32.4 Å². The van der Waals surface area contributed by atoms with Gasteiger partial charge >= 0.3 is 0 Å². The van der Waals surface area contributed by atoms with Gasteiger partial charge < -0.3 is 10.1 Å². The first-order valence-corrected chi connectivity index (χ1v) is 12.7. The maximum Gasteiger partial charge on any atom is 0.243 e. The highest BCUT2D eigenvalue weighted by molar-refractivity contribution is 7.89. The first-order valence-electron chi connectivity index (χ1n) is 11.3. The van der Waals surface area contributed by atoms with Crippen LogP contribution in [-0.2, 0) is 14.8 Å². The molecule has 2 heterocycles. The van der Waals surface area contributed by atoms with E-state index in [0.717, 1.165) is 34.9 Å². The average Bonchev–Trinajstić information content (AvgIpc) is 3.34. The molecule has 8 heteroatoms. The van der Waals surface area contributed by atoms with Crippen LogP contribution in [0.15, 0.2) is 83.9 Å². The van der Waals surface area contributed by atoms with Crippen molar-refractivity contribution in [1.82, 2.24) is 14.3 Å². The van der Waals surface area contributed by atoms with E-state index in [4.69, 9.17) is 9.72 Å². The van der Waals surface area contributed by atoms with Gasteiger partial charge in [0.15, 0.2) is 0 Å². The van der Waals surface area contributed by atoms with Crippen molar-refractivity contribution in [2.45, 2.75) is 23.8 Å². The zero-order chi connectivity index (χ0) is 23.5. The lowest BCUT2D eigenvalue weighted by Crippen LogP contribution is -2.38. The normalized spacial score (nSPS) is 16.7. The van der Waals surface area contributed by atoms with Crippen LogP contribution in [0.4, 0.5) is 11.6 Å². The second kappa shape index (κ2) is 9.50. The first kappa shape index (κ1) is 22.5. The van der Waals surface area contributed by atoms with Crippen molar-refractivity contribution in [2.24, 2.45) is 0 Å². The molecule has 1 unspecified atom stereocenters.